The summed E-state index contributed by atoms with van der Waals surface area (Å²) in [5, 5.41) is 0. The quantitative estimate of drug-likeness (QED) is 0.0251. The lowest BCUT2D eigenvalue weighted by molar-refractivity contribution is -0.899. The summed E-state index contributed by atoms with van der Waals surface area (Å²) >= 11 is 8.13. The van der Waals surface area contributed by atoms with Crippen molar-refractivity contribution in [3.05, 3.63) is 0 Å². The Hall–Kier alpha value is 0.880. The van der Waals surface area contributed by atoms with Crippen LogP contribution in [0.3, 0.4) is 0 Å². The van der Waals surface area contributed by atoms with Crippen LogP contribution < -0.4 is 0 Å². The highest BCUT2D eigenvalue weighted by Crippen LogP contribution is 2.24. The first kappa shape index (κ1) is 48.9. The van der Waals surface area contributed by atoms with Gasteiger partial charge in [0.05, 0.1) is 41.3 Å². The number of unbranched alkanes of at least 4 members (excludes halogenated alkanes) is 29. The lowest BCUT2D eigenvalue weighted by Gasteiger charge is -2.35. The van der Waals surface area contributed by atoms with Gasteiger partial charge in [0, 0.05) is 12.8 Å². The van der Waals surface area contributed by atoms with Gasteiger partial charge in [-0.3, -0.25) is 0 Å². The smallest absolute Gasteiger partial charge is 0.144 e. The molecule has 0 aliphatic rings. The third-order valence-corrected chi connectivity index (χ3v) is 14.5. The lowest BCUT2D eigenvalue weighted by atomic mass is 10.0. The van der Waals surface area contributed by atoms with Crippen molar-refractivity contribution in [2.24, 2.45) is 0 Å². The van der Waals surface area contributed by atoms with Crippen molar-refractivity contribution in [3.63, 3.8) is 0 Å². The molecule has 0 saturated heterocycles. The standard InChI is InChI=1S/C44H92Br2N2/c1-7-9-11-13-15-17-25-29-33-37-41-47(3,4)43(45)39-35-31-27-23-21-19-20-22-24-28-32-36-40-44(46)48(5,6)42-38-34-30-26-18-16-14-12-10-8-2/h43-44H,7-42H2,1-6H3/q+2. The van der Waals surface area contributed by atoms with Crippen LogP contribution in [-0.4, -0.2) is 60.1 Å². The molecule has 2 atom stereocenters. The second-order valence-electron chi connectivity index (χ2n) is 17.1. The van der Waals surface area contributed by atoms with Crippen molar-refractivity contribution < 1.29 is 8.97 Å². The molecule has 0 aromatic heterocycles. The van der Waals surface area contributed by atoms with Gasteiger partial charge in [-0.2, -0.15) is 0 Å². The van der Waals surface area contributed by atoms with E-state index in [1.165, 1.54) is 231 Å². The molecule has 0 aromatic rings. The van der Waals surface area contributed by atoms with Gasteiger partial charge in [-0.15, -0.1) is 0 Å². The van der Waals surface area contributed by atoms with Gasteiger partial charge in [-0.05, 0) is 70.4 Å². The summed E-state index contributed by atoms with van der Waals surface area (Å²) in [4.78, 5) is 1.24. The number of quaternary nitrogens is 2. The van der Waals surface area contributed by atoms with Crippen LogP contribution >= 0.6 is 31.9 Å². The van der Waals surface area contributed by atoms with Crippen molar-refractivity contribution in [2.45, 2.75) is 242 Å². The van der Waals surface area contributed by atoms with Gasteiger partial charge in [-0.1, -0.05) is 181 Å². The molecule has 0 radical (unpaired) electrons. The van der Waals surface area contributed by atoms with Crippen LogP contribution in [0.4, 0.5) is 0 Å². The SMILES string of the molecule is CCCCCCCCCCCC[N+](C)(C)C(Br)CCCCCCCCCCCCCCC(Br)[N+](C)(C)CCCCCCCCCCCC. The zero-order chi connectivity index (χ0) is 35.6. The summed E-state index contributed by atoms with van der Waals surface area (Å²) in [6.07, 6.45) is 48.5. The Kier molecular flexibility index (Phi) is 35.6. The summed E-state index contributed by atoms with van der Waals surface area (Å²) in [5.74, 6) is 0. The number of rotatable bonds is 39. The van der Waals surface area contributed by atoms with E-state index in [-0.39, 0.29) is 0 Å². The van der Waals surface area contributed by atoms with Crippen LogP contribution in [0.15, 0.2) is 0 Å². The van der Waals surface area contributed by atoms with E-state index in [1.807, 2.05) is 0 Å². The maximum atomic E-state index is 4.07. The predicted octanol–water partition coefficient (Wildman–Crippen LogP) is 15.9. The van der Waals surface area contributed by atoms with E-state index in [9.17, 15) is 0 Å². The summed E-state index contributed by atoms with van der Waals surface area (Å²) in [6.45, 7) is 7.25. The molecule has 0 amide bonds. The Morgan fingerprint density at radius 2 is 0.479 bits per heavy atom. The maximum Gasteiger partial charge on any atom is 0.144 e. The molecule has 2 nitrogen and oxygen atoms in total. The fourth-order valence-electron chi connectivity index (χ4n) is 7.39. The Morgan fingerprint density at radius 1 is 0.292 bits per heavy atom. The summed E-state index contributed by atoms with van der Waals surface area (Å²) < 4.78 is 2.29. The molecule has 4 heteroatoms. The molecule has 290 valence electrons. The molecule has 0 aromatic carbocycles. The predicted molar refractivity (Wildman–Crippen MR) is 228 cm³/mol. The minimum Gasteiger partial charge on any atom is -0.317 e. The Balaban J connectivity index is 3.55. The Bertz CT molecular complexity index is 583. The lowest BCUT2D eigenvalue weighted by Crippen LogP contribution is -2.46. The van der Waals surface area contributed by atoms with Gasteiger partial charge in [0.15, 0.2) is 0 Å². The van der Waals surface area contributed by atoms with Gasteiger partial charge in [0.2, 0.25) is 0 Å². The van der Waals surface area contributed by atoms with E-state index in [2.05, 4.69) is 73.9 Å². The zero-order valence-corrected chi connectivity index (χ0v) is 37.4. The van der Waals surface area contributed by atoms with Gasteiger partial charge < -0.3 is 8.97 Å². The summed E-state index contributed by atoms with van der Waals surface area (Å²) in [5.41, 5.74) is 0. The molecule has 0 N–H and O–H groups in total. The largest absolute Gasteiger partial charge is 0.317 e. The second-order valence-corrected chi connectivity index (χ2v) is 19.2. The Labute approximate surface area is 322 Å². The molecule has 0 saturated carbocycles. The van der Waals surface area contributed by atoms with E-state index < -0.39 is 0 Å². The van der Waals surface area contributed by atoms with Gasteiger partial charge >= 0.3 is 0 Å². The van der Waals surface area contributed by atoms with Gasteiger partial charge in [0.1, 0.15) is 9.90 Å². The first-order valence-corrected chi connectivity index (χ1v) is 23.9. The van der Waals surface area contributed by atoms with E-state index in [0.29, 0.717) is 9.90 Å². The summed E-state index contributed by atoms with van der Waals surface area (Å²) in [6, 6.07) is 0. The first-order chi connectivity index (χ1) is 23.2. The van der Waals surface area contributed by atoms with Gasteiger partial charge in [0.25, 0.3) is 0 Å². The number of halogens is 2. The molecule has 48 heavy (non-hydrogen) atoms. The highest BCUT2D eigenvalue weighted by molar-refractivity contribution is 9.09. The average molecular weight is 809 g/mol. The summed E-state index contributed by atoms with van der Waals surface area (Å²) in [7, 11) is 9.75. The molecule has 0 bridgehead atoms. The zero-order valence-electron chi connectivity index (χ0n) is 34.3. The number of hydrogen-bond acceptors (Lipinski definition) is 0. The normalized spacial score (nSPS) is 13.8. The third kappa shape index (κ3) is 31.6. The van der Waals surface area contributed by atoms with Crippen molar-refractivity contribution in [1.29, 1.82) is 0 Å². The molecular weight excluding hydrogens is 716 g/mol. The minimum absolute atomic E-state index is 0.622. The minimum atomic E-state index is 0.622. The van der Waals surface area contributed by atoms with Crippen LogP contribution in [0.2, 0.25) is 0 Å². The highest BCUT2D eigenvalue weighted by Gasteiger charge is 2.25. The van der Waals surface area contributed by atoms with E-state index in [0.717, 1.165) is 8.97 Å². The average Bonchev–Trinajstić information content (AvgIpc) is 3.06. The maximum absolute atomic E-state index is 4.07. The molecule has 0 heterocycles. The third-order valence-electron chi connectivity index (χ3n) is 11.3. The fraction of sp³-hybridized carbons (Fsp3) is 1.00. The Morgan fingerprint density at radius 3 is 0.708 bits per heavy atom. The molecule has 0 fully saturated rings. The number of nitrogens with zero attached hydrogens (tertiary/aromatic N) is 2. The molecule has 2 unspecified atom stereocenters. The van der Waals surface area contributed by atoms with Crippen LogP contribution in [0.5, 0.6) is 0 Å². The molecule has 0 aliphatic heterocycles. The molecular formula is C44H92Br2N2+2. The highest BCUT2D eigenvalue weighted by atomic mass is 79.9. The van der Waals surface area contributed by atoms with E-state index >= 15 is 0 Å². The van der Waals surface area contributed by atoms with E-state index in [1.54, 1.807) is 0 Å². The van der Waals surface area contributed by atoms with Crippen LogP contribution in [0.25, 0.3) is 0 Å². The van der Waals surface area contributed by atoms with Crippen molar-refractivity contribution in [3.8, 4) is 0 Å². The van der Waals surface area contributed by atoms with Crippen LogP contribution in [0.1, 0.15) is 232 Å². The van der Waals surface area contributed by atoms with Crippen LogP contribution in [-0.2, 0) is 0 Å². The second kappa shape index (κ2) is 34.9. The van der Waals surface area contributed by atoms with Gasteiger partial charge in [-0.25, -0.2) is 0 Å². The molecule has 0 aliphatic carbocycles. The van der Waals surface area contributed by atoms with Crippen LogP contribution in [0, 0.1) is 0 Å². The number of alkyl halides is 2. The molecule has 0 spiro atoms. The van der Waals surface area contributed by atoms with Crippen molar-refractivity contribution >= 4 is 31.9 Å². The monoisotopic (exact) mass is 807 g/mol. The molecule has 0 rings (SSSR count). The first-order valence-electron chi connectivity index (χ1n) is 22.1. The van der Waals surface area contributed by atoms with Crippen molar-refractivity contribution in [1.82, 2.24) is 0 Å². The fourth-order valence-corrected chi connectivity index (χ4v) is 8.44. The van der Waals surface area contributed by atoms with Crippen molar-refractivity contribution in [2.75, 3.05) is 41.3 Å². The topological polar surface area (TPSA) is 0 Å². The van der Waals surface area contributed by atoms with E-state index in [4.69, 9.17) is 0 Å². The number of hydrogen-bond donors (Lipinski definition) is 0.